The highest BCUT2D eigenvalue weighted by molar-refractivity contribution is 7.80. The van der Waals surface area contributed by atoms with E-state index in [1.165, 1.54) is 0 Å². The van der Waals surface area contributed by atoms with Crippen LogP contribution in [0.3, 0.4) is 0 Å². The maximum Gasteiger partial charge on any atom is 0.263 e. The summed E-state index contributed by atoms with van der Waals surface area (Å²) in [5.74, 6) is -0.944. The number of rotatable bonds is 1. The second kappa shape index (κ2) is 4.47. The minimum Gasteiger partial charge on any atom is -0.299 e. The summed E-state index contributed by atoms with van der Waals surface area (Å²) in [6, 6.07) is 7.52. The molecule has 5 heteroatoms. The van der Waals surface area contributed by atoms with Crippen LogP contribution in [0.25, 0.3) is 6.08 Å². The first kappa shape index (κ1) is 11.5. The minimum atomic E-state index is -0.472. The lowest BCUT2D eigenvalue weighted by atomic mass is 10.1. The van der Waals surface area contributed by atoms with Crippen molar-refractivity contribution < 1.29 is 9.59 Å². The van der Waals surface area contributed by atoms with Gasteiger partial charge in [0.05, 0.1) is 0 Å². The lowest BCUT2D eigenvalue weighted by Crippen LogP contribution is -2.51. The van der Waals surface area contributed by atoms with Gasteiger partial charge in [0.25, 0.3) is 11.8 Å². The van der Waals surface area contributed by atoms with Gasteiger partial charge in [-0.2, -0.15) is 0 Å². The van der Waals surface area contributed by atoms with Crippen LogP contribution in [0.4, 0.5) is 0 Å². The maximum atomic E-state index is 11.6. The number of aryl methyl sites for hydroxylation is 1. The van der Waals surface area contributed by atoms with E-state index in [1.54, 1.807) is 6.08 Å². The zero-order chi connectivity index (χ0) is 12.4. The van der Waals surface area contributed by atoms with Crippen molar-refractivity contribution in [2.75, 3.05) is 0 Å². The van der Waals surface area contributed by atoms with Crippen molar-refractivity contribution in [3.8, 4) is 0 Å². The number of hydrogen-bond donors (Lipinski definition) is 2. The molecule has 1 aliphatic heterocycles. The number of nitrogens with one attached hydrogen (secondary N) is 2. The molecule has 1 aliphatic rings. The molecular formula is C12H10N2O2S. The maximum absolute atomic E-state index is 11.6. The van der Waals surface area contributed by atoms with Crippen molar-refractivity contribution in [1.29, 1.82) is 0 Å². The van der Waals surface area contributed by atoms with E-state index in [0.717, 1.165) is 11.1 Å². The number of carbonyl (C=O) groups is 2. The summed E-state index contributed by atoms with van der Waals surface area (Å²) in [4.78, 5) is 23.2. The first-order valence-electron chi connectivity index (χ1n) is 5.01. The third kappa shape index (κ3) is 2.57. The van der Waals surface area contributed by atoms with Crippen LogP contribution in [0, 0.1) is 6.92 Å². The summed E-state index contributed by atoms with van der Waals surface area (Å²) in [6.45, 7) is 1.94. The van der Waals surface area contributed by atoms with E-state index < -0.39 is 11.8 Å². The second-order valence-corrected chi connectivity index (χ2v) is 4.12. The van der Waals surface area contributed by atoms with Crippen LogP contribution in [0.1, 0.15) is 11.1 Å². The first-order chi connectivity index (χ1) is 8.06. The highest BCUT2D eigenvalue weighted by Crippen LogP contribution is 2.11. The number of benzene rings is 1. The topological polar surface area (TPSA) is 58.2 Å². The van der Waals surface area contributed by atoms with Gasteiger partial charge in [0.1, 0.15) is 5.57 Å². The molecule has 2 rings (SSSR count). The number of carbonyl (C=O) groups excluding carboxylic acids is 2. The predicted octanol–water partition coefficient (Wildman–Crippen LogP) is 0.909. The molecule has 2 amide bonds. The van der Waals surface area contributed by atoms with Gasteiger partial charge < -0.3 is 0 Å². The molecule has 0 unspecified atom stereocenters. The van der Waals surface area contributed by atoms with Crippen LogP contribution < -0.4 is 10.6 Å². The summed E-state index contributed by atoms with van der Waals surface area (Å²) in [5, 5.41) is 4.82. The highest BCUT2D eigenvalue weighted by Gasteiger charge is 2.25. The van der Waals surface area contributed by atoms with Crippen molar-refractivity contribution in [2.24, 2.45) is 0 Å². The van der Waals surface area contributed by atoms with E-state index in [2.05, 4.69) is 10.6 Å². The molecule has 0 atom stereocenters. The molecule has 1 aromatic carbocycles. The van der Waals surface area contributed by atoms with Gasteiger partial charge in [0, 0.05) is 0 Å². The molecule has 0 radical (unpaired) electrons. The largest absolute Gasteiger partial charge is 0.299 e. The molecule has 0 aromatic heterocycles. The molecule has 17 heavy (non-hydrogen) atoms. The quantitative estimate of drug-likeness (QED) is 0.440. The SMILES string of the molecule is Cc1cccc(C=C2C(=O)NC(=S)NC2=O)c1. The van der Waals surface area contributed by atoms with Crippen molar-refractivity contribution in [3.63, 3.8) is 0 Å². The number of hydrogen-bond acceptors (Lipinski definition) is 3. The van der Waals surface area contributed by atoms with Gasteiger partial charge in [-0.15, -0.1) is 0 Å². The van der Waals surface area contributed by atoms with E-state index >= 15 is 0 Å². The Hall–Kier alpha value is -2.01. The third-order valence-electron chi connectivity index (χ3n) is 2.30. The molecule has 0 spiro atoms. The van der Waals surface area contributed by atoms with Crippen LogP contribution in [0.5, 0.6) is 0 Å². The minimum absolute atomic E-state index is 0.0430. The summed E-state index contributed by atoms with van der Waals surface area (Å²) < 4.78 is 0. The normalized spacial score (nSPS) is 15.4. The van der Waals surface area contributed by atoms with Crippen LogP contribution >= 0.6 is 12.2 Å². The fraction of sp³-hybridized carbons (Fsp3) is 0.0833. The Balaban J connectivity index is 2.36. The average molecular weight is 246 g/mol. The molecule has 0 bridgehead atoms. The van der Waals surface area contributed by atoms with Crippen molar-refractivity contribution in [2.45, 2.75) is 6.92 Å². The van der Waals surface area contributed by atoms with Gasteiger partial charge in [-0.3, -0.25) is 20.2 Å². The van der Waals surface area contributed by atoms with E-state index in [1.807, 2.05) is 31.2 Å². The third-order valence-corrected chi connectivity index (χ3v) is 2.50. The van der Waals surface area contributed by atoms with Gasteiger partial charge in [0.2, 0.25) is 0 Å². The Morgan fingerprint density at radius 2 is 1.82 bits per heavy atom. The summed E-state index contributed by atoms with van der Waals surface area (Å²) in [7, 11) is 0. The molecule has 1 heterocycles. The Morgan fingerprint density at radius 3 is 2.41 bits per heavy atom. The second-order valence-electron chi connectivity index (χ2n) is 3.71. The Bertz CT molecular complexity index is 527. The van der Waals surface area contributed by atoms with E-state index in [-0.39, 0.29) is 10.7 Å². The average Bonchev–Trinajstić information content (AvgIpc) is 2.23. The molecule has 0 aliphatic carbocycles. The Kier molecular flexibility index (Phi) is 3.01. The van der Waals surface area contributed by atoms with Crippen molar-refractivity contribution in [1.82, 2.24) is 10.6 Å². The van der Waals surface area contributed by atoms with Crippen molar-refractivity contribution >= 4 is 35.2 Å². The lowest BCUT2D eigenvalue weighted by Gasteiger charge is -2.16. The van der Waals surface area contributed by atoms with E-state index in [9.17, 15) is 9.59 Å². The smallest absolute Gasteiger partial charge is 0.263 e. The Labute approximate surface area is 104 Å². The fourth-order valence-corrected chi connectivity index (χ4v) is 1.72. The lowest BCUT2D eigenvalue weighted by molar-refractivity contribution is -0.123. The van der Waals surface area contributed by atoms with Gasteiger partial charge in [-0.1, -0.05) is 29.8 Å². The standard InChI is InChI=1S/C12H10N2O2S/c1-7-3-2-4-8(5-7)6-9-10(15)13-12(17)14-11(9)16/h2-6H,1H3,(H2,13,14,15,16,17). The van der Waals surface area contributed by atoms with Gasteiger partial charge in [-0.25, -0.2) is 0 Å². The predicted molar refractivity (Wildman–Crippen MR) is 68.0 cm³/mol. The van der Waals surface area contributed by atoms with Crippen LogP contribution in [0.2, 0.25) is 0 Å². The molecule has 4 nitrogen and oxygen atoms in total. The van der Waals surface area contributed by atoms with Gasteiger partial charge in [0.15, 0.2) is 5.11 Å². The zero-order valence-corrected chi connectivity index (χ0v) is 9.93. The fourth-order valence-electron chi connectivity index (χ4n) is 1.53. The highest BCUT2D eigenvalue weighted by atomic mass is 32.1. The summed E-state index contributed by atoms with van der Waals surface area (Å²) >= 11 is 4.71. The first-order valence-corrected chi connectivity index (χ1v) is 5.42. The molecule has 1 fully saturated rings. The van der Waals surface area contributed by atoms with E-state index in [4.69, 9.17) is 12.2 Å². The van der Waals surface area contributed by atoms with Crippen LogP contribution in [-0.4, -0.2) is 16.9 Å². The molecule has 1 saturated heterocycles. The van der Waals surface area contributed by atoms with Crippen LogP contribution in [0.15, 0.2) is 29.8 Å². The molecular weight excluding hydrogens is 236 g/mol. The molecule has 86 valence electrons. The van der Waals surface area contributed by atoms with Crippen LogP contribution in [-0.2, 0) is 9.59 Å². The summed E-state index contributed by atoms with van der Waals surface area (Å²) in [6.07, 6.45) is 1.54. The zero-order valence-electron chi connectivity index (χ0n) is 9.11. The van der Waals surface area contributed by atoms with Crippen molar-refractivity contribution in [3.05, 3.63) is 41.0 Å². The molecule has 1 aromatic rings. The van der Waals surface area contributed by atoms with Gasteiger partial charge in [-0.05, 0) is 30.8 Å². The Morgan fingerprint density at radius 1 is 1.18 bits per heavy atom. The molecule has 2 N–H and O–H groups in total. The monoisotopic (exact) mass is 246 g/mol. The van der Waals surface area contributed by atoms with E-state index in [0.29, 0.717) is 0 Å². The van der Waals surface area contributed by atoms with Gasteiger partial charge >= 0.3 is 0 Å². The summed E-state index contributed by atoms with van der Waals surface area (Å²) in [5.41, 5.74) is 1.92. The number of thiocarbonyl (C=S) groups is 1. The number of amides is 2. The molecule has 0 saturated carbocycles.